The second-order valence-electron chi connectivity index (χ2n) is 8.22. The molecule has 0 amide bonds. The van der Waals surface area contributed by atoms with Crippen LogP contribution in [0.4, 0.5) is 0 Å². The molecule has 0 saturated heterocycles. The Morgan fingerprint density at radius 2 is 1.83 bits per heavy atom. The average Bonchev–Trinajstić information content (AvgIpc) is 3.29. The van der Waals surface area contributed by atoms with Gasteiger partial charge >= 0.3 is 5.97 Å². The summed E-state index contributed by atoms with van der Waals surface area (Å²) < 4.78 is 7.12. The fourth-order valence-electron chi connectivity index (χ4n) is 3.54. The molecule has 9 heteroatoms. The van der Waals surface area contributed by atoms with Gasteiger partial charge in [-0.2, -0.15) is 5.26 Å². The minimum Gasteiger partial charge on any atom is -0.480 e. The van der Waals surface area contributed by atoms with Gasteiger partial charge in [-0.05, 0) is 35.2 Å². The molecular formula is C26H22ClN5O3. The van der Waals surface area contributed by atoms with Gasteiger partial charge in [0.1, 0.15) is 30.5 Å². The van der Waals surface area contributed by atoms with Crippen molar-refractivity contribution < 1.29 is 14.6 Å². The van der Waals surface area contributed by atoms with Gasteiger partial charge in [0.2, 0.25) is 5.88 Å². The number of hydrogen-bond donors (Lipinski definition) is 1. The van der Waals surface area contributed by atoms with Crippen molar-refractivity contribution in [2.45, 2.75) is 32.9 Å². The molecule has 0 aliphatic rings. The monoisotopic (exact) mass is 487 g/mol. The van der Waals surface area contributed by atoms with Crippen LogP contribution in [0.25, 0.3) is 22.4 Å². The highest BCUT2D eigenvalue weighted by Crippen LogP contribution is 2.34. The van der Waals surface area contributed by atoms with Gasteiger partial charge in [-0.15, -0.1) is 5.10 Å². The number of aliphatic carboxylic acids is 1. The number of rotatable bonds is 8. The van der Waals surface area contributed by atoms with Crippen molar-refractivity contribution in [2.24, 2.45) is 0 Å². The first-order chi connectivity index (χ1) is 16.8. The Labute approximate surface area is 207 Å². The minimum atomic E-state index is -1.03. The topological polar surface area (TPSA) is 114 Å². The number of aromatic nitrogens is 4. The van der Waals surface area contributed by atoms with Crippen molar-refractivity contribution in [3.8, 4) is 34.3 Å². The Bertz CT molecular complexity index is 1390. The Morgan fingerprint density at radius 1 is 1.14 bits per heavy atom. The molecule has 1 N–H and O–H groups in total. The molecule has 2 heterocycles. The lowest BCUT2D eigenvalue weighted by atomic mass is 9.95. The molecule has 0 saturated carbocycles. The molecule has 4 aromatic rings. The van der Waals surface area contributed by atoms with Gasteiger partial charge in [0.25, 0.3) is 0 Å². The van der Waals surface area contributed by atoms with Crippen molar-refractivity contribution in [2.75, 3.05) is 0 Å². The molecule has 0 bridgehead atoms. The van der Waals surface area contributed by atoms with Gasteiger partial charge in [-0.3, -0.25) is 4.79 Å². The van der Waals surface area contributed by atoms with E-state index in [1.54, 1.807) is 12.1 Å². The number of nitrogens with zero attached hydrogens (tertiary/aromatic N) is 5. The zero-order valence-corrected chi connectivity index (χ0v) is 19.9. The van der Waals surface area contributed by atoms with Crippen LogP contribution in [0.1, 0.15) is 36.6 Å². The summed E-state index contributed by atoms with van der Waals surface area (Å²) in [4.78, 5) is 15.5. The van der Waals surface area contributed by atoms with E-state index >= 15 is 0 Å². The summed E-state index contributed by atoms with van der Waals surface area (Å²) in [5.74, 6) is -0.495. The Morgan fingerprint density at radius 3 is 2.46 bits per heavy atom. The Balaban J connectivity index is 1.75. The number of benzene rings is 2. The number of halogens is 1. The zero-order valence-electron chi connectivity index (χ0n) is 19.1. The number of carboxylic acid groups (broad SMARTS) is 1. The Hall–Kier alpha value is -4.22. The zero-order chi connectivity index (χ0) is 24.9. The van der Waals surface area contributed by atoms with E-state index in [1.165, 1.54) is 16.4 Å². The molecule has 35 heavy (non-hydrogen) atoms. The van der Waals surface area contributed by atoms with Crippen LogP contribution in [0.15, 0.2) is 60.8 Å². The van der Waals surface area contributed by atoms with Crippen LogP contribution >= 0.6 is 11.6 Å². The smallest absolute Gasteiger partial charge is 0.325 e. The third-order valence-electron chi connectivity index (χ3n) is 5.37. The third-order valence-corrected chi connectivity index (χ3v) is 5.62. The predicted molar refractivity (Wildman–Crippen MR) is 131 cm³/mol. The van der Waals surface area contributed by atoms with E-state index in [2.05, 4.69) is 35.2 Å². The van der Waals surface area contributed by atoms with Gasteiger partial charge in [0, 0.05) is 16.1 Å². The van der Waals surface area contributed by atoms with Gasteiger partial charge in [-0.1, -0.05) is 67.1 Å². The molecule has 8 nitrogen and oxygen atoms in total. The fourth-order valence-corrected chi connectivity index (χ4v) is 3.67. The number of carbonyl (C=O) groups is 1. The molecule has 176 valence electrons. The molecule has 0 atom stereocenters. The van der Waals surface area contributed by atoms with E-state index in [-0.39, 0.29) is 24.6 Å². The average molecular weight is 488 g/mol. The number of carboxylic acids is 1. The molecule has 0 fully saturated rings. The molecule has 0 unspecified atom stereocenters. The predicted octanol–water partition coefficient (Wildman–Crippen LogP) is 5.32. The minimum absolute atomic E-state index is 0.0307. The largest absolute Gasteiger partial charge is 0.480 e. The third kappa shape index (κ3) is 5.65. The summed E-state index contributed by atoms with van der Waals surface area (Å²) in [5.41, 5.74) is 4.88. The van der Waals surface area contributed by atoms with E-state index in [4.69, 9.17) is 21.4 Å². The maximum Gasteiger partial charge on any atom is 0.325 e. The molecular weight excluding hydrogens is 466 g/mol. The van der Waals surface area contributed by atoms with Crippen molar-refractivity contribution in [1.29, 1.82) is 5.26 Å². The molecule has 2 aromatic carbocycles. The fraction of sp³-hybridized carbons (Fsp3) is 0.192. The van der Waals surface area contributed by atoms with Gasteiger partial charge in [0.15, 0.2) is 0 Å². The first kappa shape index (κ1) is 23.9. The lowest BCUT2D eigenvalue weighted by Gasteiger charge is -2.14. The van der Waals surface area contributed by atoms with Gasteiger partial charge in [-0.25, -0.2) is 9.67 Å². The molecule has 0 radical (unpaired) electrons. The van der Waals surface area contributed by atoms with E-state index in [0.717, 1.165) is 11.1 Å². The van der Waals surface area contributed by atoms with Crippen LogP contribution in [0.2, 0.25) is 5.02 Å². The van der Waals surface area contributed by atoms with Crippen LogP contribution in [0, 0.1) is 11.3 Å². The molecule has 0 aliphatic heterocycles. The number of nitriles is 1. The van der Waals surface area contributed by atoms with E-state index < -0.39 is 5.97 Å². The standard InChI is InChI=1S/C26H22ClN5O3/c1-16(2)17-3-5-18(6-4-17)22-11-24(19-7-9-20(27)10-8-19)29-26(23(22)12-28)35-15-21-13-32(31-30-21)14-25(33)34/h3-11,13,16H,14-15H2,1-2H3,(H,33,34). The number of ether oxygens (including phenoxy) is 1. The summed E-state index contributed by atoms with van der Waals surface area (Å²) in [6.07, 6.45) is 1.48. The maximum atomic E-state index is 10.9. The van der Waals surface area contributed by atoms with Crippen molar-refractivity contribution in [3.05, 3.63) is 82.6 Å². The van der Waals surface area contributed by atoms with Crippen molar-refractivity contribution in [1.82, 2.24) is 20.0 Å². The van der Waals surface area contributed by atoms with Crippen LogP contribution in [0.5, 0.6) is 5.88 Å². The molecule has 0 aliphatic carbocycles. The normalized spacial score (nSPS) is 10.8. The first-order valence-electron chi connectivity index (χ1n) is 10.9. The van der Waals surface area contributed by atoms with Crippen LogP contribution in [0.3, 0.4) is 0 Å². The quantitative estimate of drug-likeness (QED) is 0.357. The van der Waals surface area contributed by atoms with Crippen LogP contribution in [-0.4, -0.2) is 31.1 Å². The second-order valence-corrected chi connectivity index (χ2v) is 8.66. The van der Waals surface area contributed by atoms with Crippen LogP contribution in [-0.2, 0) is 17.9 Å². The van der Waals surface area contributed by atoms with E-state index in [9.17, 15) is 10.1 Å². The highest BCUT2D eigenvalue weighted by Gasteiger charge is 2.18. The summed E-state index contributed by atoms with van der Waals surface area (Å²) in [6.45, 7) is 3.91. The lowest BCUT2D eigenvalue weighted by molar-refractivity contribution is -0.137. The Kier molecular flexibility index (Phi) is 7.09. The molecule has 0 spiro atoms. The first-order valence-corrected chi connectivity index (χ1v) is 11.3. The highest BCUT2D eigenvalue weighted by molar-refractivity contribution is 6.30. The van der Waals surface area contributed by atoms with Crippen LogP contribution < -0.4 is 4.74 Å². The summed E-state index contributed by atoms with van der Waals surface area (Å²) >= 11 is 6.06. The van der Waals surface area contributed by atoms with Crippen molar-refractivity contribution in [3.63, 3.8) is 0 Å². The molecule has 4 rings (SSSR count). The SMILES string of the molecule is CC(C)c1ccc(-c2cc(-c3ccc(Cl)cc3)nc(OCc3cn(CC(=O)O)nn3)c2C#N)cc1. The maximum absolute atomic E-state index is 10.9. The summed E-state index contributed by atoms with van der Waals surface area (Å²) in [6, 6.07) is 19.4. The number of pyridine rings is 1. The van der Waals surface area contributed by atoms with Gasteiger partial charge < -0.3 is 9.84 Å². The molecule has 2 aromatic heterocycles. The summed E-state index contributed by atoms with van der Waals surface area (Å²) in [5, 5.41) is 27.3. The second kappa shape index (κ2) is 10.4. The lowest BCUT2D eigenvalue weighted by Crippen LogP contribution is -2.09. The van der Waals surface area contributed by atoms with E-state index in [1.807, 2.05) is 42.5 Å². The van der Waals surface area contributed by atoms with Gasteiger partial charge in [0.05, 0.1) is 11.9 Å². The highest BCUT2D eigenvalue weighted by atomic mass is 35.5. The number of hydrogen-bond acceptors (Lipinski definition) is 6. The van der Waals surface area contributed by atoms with E-state index in [0.29, 0.717) is 27.9 Å². The van der Waals surface area contributed by atoms with Crippen molar-refractivity contribution >= 4 is 17.6 Å². The summed E-state index contributed by atoms with van der Waals surface area (Å²) in [7, 11) is 0.